The Balaban J connectivity index is 4.35. The van der Waals surface area contributed by atoms with E-state index in [2.05, 4.69) is 38.2 Å². The molecule has 2 atom stereocenters. The van der Waals surface area contributed by atoms with Gasteiger partial charge in [-0.1, -0.05) is 173 Å². The number of hydrogen-bond acceptors (Lipinski definition) is 7. The van der Waals surface area contributed by atoms with Crippen LogP contribution in [0.1, 0.15) is 206 Å². The molecular formula is C47H87NO7. The number of esters is 2. The van der Waals surface area contributed by atoms with Crippen molar-refractivity contribution in [1.29, 1.82) is 0 Å². The lowest BCUT2D eigenvalue weighted by Crippen LogP contribution is -2.55. The molecule has 0 rings (SSSR count). The zero-order valence-electron chi connectivity index (χ0n) is 36.6. The minimum absolute atomic E-state index is 0.0363. The Kier molecular flexibility index (Phi) is 37.1. The van der Waals surface area contributed by atoms with Crippen molar-refractivity contribution in [2.45, 2.75) is 219 Å². The monoisotopic (exact) mass is 778 g/mol. The van der Waals surface area contributed by atoms with Gasteiger partial charge in [0, 0.05) is 19.3 Å². The second-order valence-corrected chi connectivity index (χ2v) is 16.7. The van der Waals surface area contributed by atoms with E-state index in [0.717, 1.165) is 51.4 Å². The maximum absolute atomic E-state index is 12.7. The predicted molar refractivity (Wildman–Crippen MR) is 227 cm³/mol. The summed E-state index contributed by atoms with van der Waals surface area (Å²) >= 11 is 0. The summed E-state index contributed by atoms with van der Waals surface area (Å²) in [6.07, 6.45) is 42.0. The second kappa shape index (κ2) is 38.7. The van der Waals surface area contributed by atoms with Gasteiger partial charge in [-0.05, 0) is 38.5 Å². The maximum Gasteiger partial charge on any atom is 0.306 e. The Bertz CT molecular complexity index is 957. The number of carboxylic acids is 1. The summed E-state index contributed by atoms with van der Waals surface area (Å²) in [5.41, 5.74) is 0. The number of ether oxygens (including phenoxy) is 3. The first-order valence-electron chi connectivity index (χ1n) is 22.9. The molecule has 322 valence electrons. The molecule has 0 radical (unpaired) electrons. The fourth-order valence-corrected chi connectivity index (χ4v) is 6.77. The lowest BCUT2D eigenvalue weighted by molar-refractivity contribution is -0.889. The molecule has 0 saturated heterocycles. The van der Waals surface area contributed by atoms with Crippen LogP contribution >= 0.6 is 0 Å². The van der Waals surface area contributed by atoms with Gasteiger partial charge in [-0.3, -0.25) is 9.59 Å². The number of carboxylic acid groups (broad SMARTS) is 1. The summed E-state index contributed by atoms with van der Waals surface area (Å²) < 4.78 is 17.2. The molecule has 0 aliphatic carbocycles. The minimum atomic E-state index is -1.13. The Labute approximate surface area is 339 Å². The number of hydrogen-bond donors (Lipinski definition) is 0. The lowest BCUT2D eigenvalue weighted by Gasteiger charge is -2.34. The number of likely N-dealkylation sites (N-methyl/N-ethyl adjacent to an activating group) is 1. The largest absolute Gasteiger partial charge is 0.544 e. The topological polar surface area (TPSA) is 102 Å². The van der Waals surface area contributed by atoms with Crippen molar-refractivity contribution >= 4 is 17.9 Å². The van der Waals surface area contributed by atoms with Crippen molar-refractivity contribution in [2.75, 3.05) is 41.0 Å². The van der Waals surface area contributed by atoms with E-state index in [1.165, 1.54) is 122 Å². The van der Waals surface area contributed by atoms with Gasteiger partial charge in [0.25, 0.3) is 0 Å². The van der Waals surface area contributed by atoms with Crippen LogP contribution in [0.4, 0.5) is 0 Å². The predicted octanol–water partition coefficient (Wildman–Crippen LogP) is 11.1. The van der Waals surface area contributed by atoms with Gasteiger partial charge in [0.2, 0.25) is 0 Å². The van der Waals surface area contributed by atoms with E-state index in [1.807, 2.05) is 0 Å². The lowest BCUT2D eigenvalue weighted by atomic mass is 10.0. The number of quaternary nitrogens is 1. The normalized spacial score (nSPS) is 13.1. The van der Waals surface area contributed by atoms with Crippen LogP contribution in [0.3, 0.4) is 0 Å². The van der Waals surface area contributed by atoms with Gasteiger partial charge in [0.15, 0.2) is 6.10 Å². The molecule has 0 aromatic rings. The van der Waals surface area contributed by atoms with Gasteiger partial charge >= 0.3 is 11.9 Å². The molecule has 55 heavy (non-hydrogen) atoms. The van der Waals surface area contributed by atoms with Gasteiger partial charge in [-0.15, -0.1) is 0 Å². The molecule has 0 fully saturated rings. The van der Waals surface area contributed by atoms with Gasteiger partial charge in [-0.2, -0.15) is 0 Å². The summed E-state index contributed by atoms with van der Waals surface area (Å²) in [4.78, 5) is 36.8. The first-order valence-corrected chi connectivity index (χ1v) is 22.9. The van der Waals surface area contributed by atoms with Crippen molar-refractivity contribution in [1.82, 2.24) is 0 Å². The van der Waals surface area contributed by atoms with Crippen LogP contribution in [0.2, 0.25) is 0 Å². The van der Waals surface area contributed by atoms with Crippen molar-refractivity contribution < 1.29 is 38.2 Å². The molecule has 8 nitrogen and oxygen atoms in total. The van der Waals surface area contributed by atoms with E-state index in [4.69, 9.17) is 14.2 Å². The SMILES string of the molecule is CCCCCCCCC/C=C/C=C/CCCCCC(=O)OCC(COCCC(C(=O)[O-])[N+](C)(C)C)OC(=O)CCCCCCCCCCCCCCCCC. The molecule has 2 unspecified atom stereocenters. The standard InChI is InChI=1S/C47H87NO7/c1-6-8-10-12-14-16-18-20-22-24-25-27-29-31-33-35-37-45(49)54-42-43(41-53-40-39-44(47(51)52)48(3,4)5)55-46(50)38-36-34-32-30-28-26-23-21-19-17-15-13-11-9-7-2/h22,24-25,27,43-44H,6-21,23,26,28-42H2,1-5H3/b24-22+,27-25+. The van der Waals surface area contributed by atoms with E-state index in [-0.39, 0.29) is 42.7 Å². The van der Waals surface area contributed by atoms with Crippen LogP contribution in [0.5, 0.6) is 0 Å². The molecule has 0 heterocycles. The molecule has 0 aromatic carbocycles. The molecule has 0 aliphatic rings. The molecule has 0 N–H and O–H groups in total. The highest BCUT2D eigenvalue weighted by atomic mass is 16.6. The summed E-state index contributed by atoms with van der Waals surface area (Å²) in [6, 6.07) is -0.726. The number of rotatable bonds is 41. The Morgan fingerprint density at radius 3 is 1.38 bits per heavy atom. The van der Waals surface area contributed by atoms with Crippen molar-refractivity contribution in [2.24, 2.45) is 0 Å². The Morgan fingerprint density at radius 2 is 0.945 bits per heavy atom. The first-order chi connectivity index (χ1) is 26.6. The van der Waals surface area contributed by atoms with E-state index < -0.39 is 18.1 Å². The number of allylic oxidation sites excluding steroid dienone is 4. The number of aliphatic carboxylic acids is 1. The number of carbonyl (C=O) groups is 3. The minimum Gasteiger partial charge on any atom is -0.544 e. The van der Waals surface area contributed by atoms with Crippen LogP contribution < -0.4 is 5.11 Å². The highest BCUT2D eigenvalue weighted by Crippen LogP contribution is 2.15. The van der Waals surface area contributed by atoms with E-state index in [0.29, 0.717) is 12.8 Å². The Morgan fingerprint density at radius 1 is 0.545 bits per heavy atom. The van der Waals surface area contributed by atoms with E-state index >= 15 is 0 Å². The average Bonchev–Trinajstić information content (AvgIpc) is 3.14. The molecular weight excluding hydrogens is 691 g/mol. The third-order valence-corrected chi connectivity index (χ3v) is 10.4. The van der Waals surface area contributed by atoms with Crippen LogP contribution in [0.25, 0.3) is 0 Å². The second-order valence-electron chi connectivity index (χ2n) is 16.7. The third kappa shape index (κ3) is 37.2. The smallest absolute Gasteiger partial charge is 0.306 e. The van der Waals surface area contributed by atoms with Crippen LogP contribution in [-0.4, -0.2) is 75.5 Å². The van der Waals surface area contributed by atoms with Crippen molar-refractivity contribution in [3.63, 3.8) is 0 Å². The van der Waals surface area contributed by atoms with Crippen molar-refractivity contribution in [3.8, 4) is 0 Å². The van der Waals surface area contributed by atoms with Gasteiger partial charge in [-0.25, -0.2) is 0 Å². The molecule has 0 spiro atoms. The summed E-state index contributed by atoms with van der Waals surface area (Å²) in [6.45, 7) is 4.65. The van der Waals surface area contributed by atoms with Crippen molar-refractivity contribution in [3.05, 3.63) is 24.3 Å². The van der Waals surface area contributed by atoms with Crippen LogP contribution in [0.15, 0.2) is 24.3 Å². The molecule has 0 amide bonds. The summed E-state index contributed by atoms with van der Waals surface area (Å²) in [5, 5.41) is 11.6. The molecule has 0 aliphatic heterocycles. The zero-order chi connectivity index (χ0) is 40.7. The number of unbranched alkanes of at least 4 members (excludes halogenated alkanes) is 24. The molecule has 0 bridgehead atoms. The molecule has 0 saturated carbocycles. The summed E-state index contributed by atoms with van der Waals surface area (Å²) in [7, 11) is 5.40. The highest BCUT2D eigenvalue weighted by Gasteiger charge is 2.25. The highest BCUT2D eigenvalue weighted by molar-refractivity contribution is 5.70. The quantitative estimate of drug-likeness (QED) is 0.0264. The van der Waals surface area contributed by atoms with Crippen LogP contribution in [-0.2, 0) is 28.6 Å². The number of carbonyl (C=O) groups excluding carboxylic acids is 3. The van der Waals surface area contributed by atoms with Gasteiger partial charge in [0.1, 0.15) is 12.6 Å². The Hall–Kier alpha value is -2.19. The van der Waals surface area contributed by atoms with Crippen LogP contribution in [0, 0.1) is 0 Å². The molecule has 0 aromatic heterocycles. The van der Waals surface area contributed by atoms with E-state index in [1.54, 1.807) is 21.1 Å². The van der Waals surface area contributed by atoms with Gasteiger partial charge in [0.05, 0.1) is 40.3 Å². The summed E-state index contributed by atoms with van der Waals surface area (Å²) in [5.74, 6) is -1.76. The average molecular weight is 778 g/mol. The fourth-order valence-electron chi connectivity index (χ4n) is 6.77. The fraction of sp³-hybridized carbons (Fsp3) is 0.851. The zero-order valence-corrected chi connectivity index (χ0v) is 36.6. The third-order valence-electron chi connectivity index (χ3n) is 10.4. The first kappa shape index (κ1) is 52.8. The maximum atomic E-state index is 12.7. The van der Waals surface area contributed by atoms with E-state index in [9.17, 15) is 19.5 Å². The number of nitrogens with zero attached hydrogens (tertiary/aromatic N) is 1. The molecule has 8 heteroatoms. The van der Waals surface area contributed by atoms with Gasteiger partial charge < -0.3 is 28.6 Å².